The minimum atomic E-state index is 0.107. The molecular formula is C22H43OS. The number of unbranched alkanes of at least 4 members (excludes halogenated alkanes) is 15. The Morgan fingerprint density at radius 3 is 1.42 bits per heavy atom. The summed E-state index contributed by atoms with van der Waals surface area (Å²) < 4.78 is 0. The van der Waals surface area contributed by atoms with Gasteiger partial charge in [-0.1, -0.05) is 110 Å². The maximum absolute atomic E-state index is 10.4. The molecule has 0 saturated heterocycles. The lowest BCUT2D eigenvalue weighted by Gasteiger charge is -2.04. The summed E-state index contributed by atoms with van der Waals surface area (Å²) in [6.07, 6.45) is 24.9. The average molecular weight is 356 g/mol. The molecule has 0 aromatic heterocycles. The average Bonchev–Trinajstić information content (AvgIpc) is 2.60. The van der Waals surface area contributed by atoms with Crippen LogP contribution in [0.5, 0.6) is 0 Å². The summed E-state index contributed by atoms with van der Waals surface area (Å²) in [5, 5.41) is 0. The third-order valence-electron chi connectivity index (χ3n) is 4.71. The summed E-state index contributed by atoms with van der Waals surface area (Å²) in [5.41, 5.74) is 0. The van der Waals surface area contributed by atoms with Crippen LogP contribution < -0.4 is 0 Å². The quantitative estimate of drug-likeness (QED) is 0.208. The largest absolute Gasteiger partial charge is 0.291 e. The first-order valence-electron chi connectivity index (χ1n) is 10.8. The maximum Gasteiger partial charge on any atom is 0.202 e. The van der Waals surface area contributed by atoms with E-state index in [1.165, 1.54) is 108 Å². The lowest BCUT2D eigenvalue weighted by atomic mass is 10.0. The molecule has 24 heavy (non-hydrogen) atoms. The van der Waals surface area contributed by atoms with Gasteiger partial charge in [0.2, 0.25) is 6.29 Å². The molecule has 0 N–H and O–H groups in total. The molecule has 0 spiro atoms. The van der Waals surface area contributed by atoms with Crippen molar-refractivity contribution in [2.45, 2.75) is 117 Å². The lowest BCUT2D eigenvalue weighted by molar-refractivity contribution is 0.531. The van der Waals surface area contributed by atoms with E-state index < -0.39 is 0 Å². The molecule has 1 radical (unpaired) electrons. The van der Waals surface area contributed by atoms with Crippen molar-refractivity contribution in [3.05, 3.63) is 0 Å². The van der Waals surface area contributed by atoms with E-state index in [1.807, 2.05) is 18.7 Å². The highest BCUT2D eigenvalue weighted by Crippen LogP contribution is 2.15. The Balaban J connectivity index is 2.99. The fourth-order valence-corrected chi connectivity index (χ4v) is 4.04. The highest BCUT2D eigenvalue weighted by molar-refractivity contribution is 7.99. The van der Waals surface area contributed by atoms with Gasteiger partial charge in [-0.25, -0.2) is 0 Å². The van der Waals surface area contributed by atoms with Crippen LogP contribution in [-0.4, -0.2) is 17.8 Å². The van der Waals surface area contributed by atoms with Gasteiger partial charge >= 0.3 is 0 Å². The first-order chi connectivity index (χ1) is 11.8. The van der Waals surface area contributed by atoms with Crippen LogP contribution in [0.4, 0.5) is 0 Å². The first kappa shape index (κ1) is 24.0. The molecule has 0 aliphatic rings. The summed E-state index contributed by atoms with van der Waals surface area (Å²) in [4.78, 5) is 10.4. The minimum absolute atomic E-state index is 0.107. The smallest absolute Gasteiger partial charge is 0.202 e. The van der Waals surface area contributed by atoms with Crippen molar-refractivity contribution in [1.29, 1.82) is 0 Å². The molecule has 0 heterocycles. The Labute approximate surface area is 157 Å². The molecule has 1 atom stereocenters. The van der Waals surface area contributed by atoms with Gasteiger partial charge in [0, 0.05) is 11.7 Å². The zero-order valence-electron chi connectivity index (χ0n) is 16.6. The van der Waals surface area contributed by atoms with Crippen LogP contribution in [-0.2, 0) is 4.79 Å². The first-order valence-corrected chi connectivity index (χ1v) is 11.9. The van der Waals surface area contributed by atoms with E-state index in [0.29, 0.717) is 0 Å². The summed E-state index contributed by atoms with van der Waals surface area (Å²) >= 11 is 1.91. The second kappa shape index (κ2) is 21.1. The number of thioether (sulfide) groups is 1. The van der Waals surface area contributed by atoms with E-state index in [4.69, 9.17) is 0 Å². The van der Waals surface area contributed by atoms with Crippen LogP contribution in [0.25, 0.3) is 0 Å². The van der Waals surface area contributed by atoms with Crippen molar-refractivity contribution in [3.8, 4) is 0 Å². The molecule has 1 nitrogen and oxygen atoms in total. The molecule has 0 aliphatic heterocycles. The molecule has 0 bridgehead atoms. The number of carbonyl (C=O) groups excluding carboxylic acids is 1. The van der Waals surface area contributed by atoms with E-state index >= 15 is 0 Å². The van der Waals surface area contributed by atoms with Gasteiger partial charge in [0.15, 0.2) is 0 Å². The van der Waals surface area contributed by atoms with Gasteiger partial charge in [-0.15, -0.1) is 0 Å². The molecule has 1 unspecified atom stereocenters. The van der Waals surface area contributed by atoms with Crippen molar-refractivity contribution >= 4 is 18.0 Å². The third-order valence-corrected chi connectivity index (χ3v) is 6.02. The van der Waals surface area contributed by atoms with E-state index in [2.05, 4.69) is 13.2 Å². The molecule has 143 valence electrons. The van der Waals surface area contributed by atoms with Crippen molar-refractivity contribution in [2.75, 3.05) is 11.5 Å². The van der Waals surface area contributed by atoms with Crippen LogP contribution in [0.3, 0.4) is 0 Å². The van der Waals surface area contributed by atoms with E-state index in [0.717, 1.165) is 5.75 Å². The van der Waals surface area contributed by atoms with Gasteiger partial charge in [0.25, 0.3) is 0 Å². The highest BCUT2D eigenvalue weighted by Gasteiger charge is 2.00. The Morgan fingerprint density at radius 1 is 0.667 bits per heavy atom. The summed E-state index contributed by atoms with van der Waals surface area (Å²) in [6, 6.07) is 0. The van der Waals surface area contributed by atoms with Gasteiger partial charge < -0.3 is 0 Å². The van der Waals surface area contributed by atoms with Gasteiger partial charge in [-0.05, 0) is 12.2 Å². The topological polar surface area (TPSA) is 17.1 Å². The molecule has 0 saturated carbocycles. The standard InChI is InChI=1S/C22H43OS/c1-3-4-5-6-7-8-9-10-11-12-13-14-15-16-17-18-19-24-21-22(2)20-23/h22H,3-19,21H2,1-2H3. The van der Waals surface area contributed by atoms with E-state index in [9.17, 15) is 4.79 Å². The minimum Gasteiger partial charge on any atom is -0.291 e. The van der Waals surface area contributed by atoms with Gasteiger partial charge in [-0.2, -0.15) is 11.8 Å². The molecule has 0 aliphatic carbocycles. The third kappa shape index (κ3) is 20.1. The Hall–Kier alpha value is 0.0200. The number of rotatable bonds is 20. The lowest BCUT2D eigenvalue weighted by Crippen LogP contribution is -1.99. The maximum atomic E-state index is 10.4. The Bertz CT molecular complexity index is 242. The van der Waals surface area contributed by atoms with Crippen molar-refractivity contribution in [1.82, 2.24) is 0 Å². The number of hydrogen-bond acceptors (Lipinski definition) is 2. The summed E-state index contributed by atoms with van der Waals surface area (Å²) in [6.45, 7) is 4.24. The van der Waals surface area contributed by atoms with Crippen molar-refractivity contribution < 1.29 is 4.79 Å². The van der Waals surface area contributed by atoms with Gasteiger partial charge in [-0.3, -0.25) is 4.79 Å². The monoisotopic (exact) mass is 355 g/mol. The Kier molecular flexibility index (Phi) is 21.1. The van der Waals surface area contributed by atoms with Crippen LogP contribution in [0.15, 0.2) is 0 Å². The van der Waals surface area contributed by atoms with Crippen LogP contribution in [0, 0.1) is 5.92 Å². The van der Waals surface area contributed by atoms with E-state index in [-0.39, 0.29) is 5.92 Å². The zero-order valence-corrected chi connectivity index (χ0v) is 17.4. The molecule has 0 fully saturated rings. The van der Waals surface area contributed by atoms with Gasteiger partial charge in [0.1, 0.15) is 0 Å². The second-order valence-electron chi connectivity index (χ2n) is 7.40. The molecule has 0 amide bonds. The second-order valence-corrected chi connectivity index (χ2v) is 8.55. The normalized spacial score (nSPS) is 12.4. The molecule has 0 rings (SSSR count). The van der Waals surface area contributed by atoms with E-state index in [1.54, 1.807) is 0 Å². The highest BCUT2D eigenvalue weighted by atomic mass is 32.2. The zero-order chi connectivity index (χ0) is 17.7. The molecule has 0 aromatic carbocycles. The van der Waals surface area contributed by atoms with Crippen LogP contribution >= 0.6 is 11.8 Å². The van der Waals surface area contributed by atoms with Crippen LogP contribution in [0.1, 0.15) is 117 Å². The molecular weight excluding hydrogens is 312 g/mol. The molecule has 2 heteroatoms. The fraction of sp³-hybridized carbons (Fsp3) is 0.955. The Morgan fingerprint density at radius 2 is 1.04 bits per heavy atom. The predicted octanol–water partition coefficient (Wildman–Crippen LogP) is 7.73. The van der Waals surface area contributed by atoms with Crippen molar-refractivity contribution in [2.24, 2.45) is 5.92 Å². The summed E-state index contributed by atoms with van der Waals surface area (Å²) in [7, 11) is 0. The summed E-state index contributed by atoms with van der Waals surface area (Å²) in [5.74, 6) is 2.27. The number of hydrogen-bond donors (Lipinski definition) is 0. The molecule has 0 aromatic rings. The van der Waals surface area contributed by atoms with Crippen LogP contribution in [0.2, 0.25) is 0 Å². The van der Waals surface area contributed by atoms with Crippen molar-refractivity contribution in [3.63, 3.8) is 0 Å². The SMILES string of the molecule is CCCCCCCCCCCCCCCCCCSCC(C)[C]=O. The predicted molar refractivity (Wildman–Crippen MR) is 112 cm³/mol. The van der Waals surface area contributed by atoms with Gasteiger partial charge in [0.05, 0.1) is 0 Å². The fourth-order valence-electron chi connectivity index (χ4n) is 3.05.